The smallest absolute Gasteiger partial charge is 0.225 e. The molecule has 0 spiro atoms. The number of hydrogen-bond acceptors (Lipinski definition) is 3. The van der Waals surface area contributed by atoms with Crippen LogP contribution in [0, 0.1) is 20.8 Å². The lowest BCUT2D eigenvalue weighted by atomic mass is 10.0. The van der Waals surface area contributed by atoms with E-state index in [1.165, 1.54) is 0 Å². The number of furan rings is 1. The monoisotopic (exact) mass is 325 g/mol. The number of H-pyrrole nitrogens is 1. The van der Waals surface area contributed by atoms with Gasteiger partial charge in [-0.05, 0) is 44.4 Å². The number of amides is 1. The van der Waals surface area contributed by atoms with Crippen molar-refractivity contribution in [1.82, 2.24) is 15.3 Å². The van der Waals surface area contributed by atoms with Crippen molar-refractivity contribution < 1.29 is 9.21 Å². The second kappa shape index (κ2) is 6.51. The summed E-state index contributed by atoms with van der Waals surface area (Å²) in [5.41, 5.74) is 5.04. The molecule has 0 aliphatic carbocycles. The zero-order valence-electron chi connectivity index (χ0n) is 14.6. The van der Waals surface area contributed by atoms with Crippen molar-refractivity contribution in [3.63, 3.8) is 0 Å². The average Bonchev–Trinajstić information content (AvgIpc) is 3.11. The van der Waals surface area contributed by atoms with Gasteiger partial charge in [0, 0.05) is 22.8 Å². The average molecular weight is 325 g/mol. The molecule has 3 aromatic rings. The number of nitrogens with zero attached hydrogens (tertiary/aromatic N) is 1. The fourth-order valence-electron chi connectivity index (χ4n) is 3.15. The van der Waals surface area contributed by atoms with E-state index in [4.69, 9.17) is 4.42 Å². The molecule has 0 bridgehead atoms. The number of imidazole rings is 1. The highest BCUT2D eigenvalue weighted by atomic mass is 16.3. The van der Waals surface area contributed by atoms with Crippen molar-refractivity contribution in [3.8, 4) is 0 Å². The summed E-state index contributed by atoms with van der Waals surface area (Å²) < 4.78 is 5.63. The van der Waals surface area contributed by atoms with Crippen LogP contribution < -0.4 is 5.32 Å². The summed E-state index contributed by atoms with van der Waals surface area (Å²) in [7, 11) is 0. The van der Waals surface area contributed by atoms with Gasteiger partial charge in [-0.1, -0.05) is 13.0 Å². The van der Waals surface area contributed by atoms with Crippen LogP contribution in [-0.2, 0) is 11.2 Å². The van der Waals surface area contributed by atoms with Gasteiger partial charge in [-0.15, -0.1) is 0 Å². The van der Waals surface area contributed by atoms with Crippen LogP contribution in [0.2, 0.25) is 0 Å². The van der Waals surface area contributed by atoms with Crippen LogP contribution >= 0.6 is 0 Å². The van der Waals surface area contributed by atoms with Gasteiger partial charge in [0.1, 0.15) is 11.4 Å². The Morgan fingerprint density at radius 3 is 2.79 bits per heavy atom. The van der Waals surface area contributed by atoms with Gasteiger partial charge in [-0.2, -0.15) is 0 Å². The molecule has 0 aliphatic rings. The lowest BCUT2D eigenvalue weighted by Crippen LogP contribution is -2.30. The minimum Gasteiger partial charge on any atom is -0.464 e. The SMILES string of the molecule is CCC(NC(=O)Cc1coc2cc(C)cc(C)c12)c1ncc(C)[nH]1. The minimum absolute atomic E-state index is 0.0291. The topological polar surface area (TPSA) is 70.9 Å². The van der Waals surface area contributed by atoms with Crippen LogP contribution in [0.4, 0.5) is 0 Å². The first kappa shape index (κ1) is 16.3. The highest BCUT2D eigenvalue weighted by Crippen LogP contribution is 2.26. The van der Waals surface area contributed by atoms with Crippen LogP contribution in [0.15, 0.2) is 29.0 Å². The molecule has 1 unspecified atom stereocenters. The molecule has 0 radical (unpaired) electrons. The molecular weight excluding hydrogens is 302 g/mol. The number of nitrogens with one attached hydrogen (secondary N) is 2. The molecule has 5 nitrogen and oxygen atoms in total. The summed E-state index contributed by atoms with van der Waals surface area (Å²) in [6, 6.07) is 4.01. The van der Waals surface area contributed by atoms with Crippen LogP contribution in [0.25, 0.3) is 11.0 Å². The zero-order chi connectivity index (χ0) is 17.3. The summed E-state index contributed by atoms with van der Waals surface area (Å²) in [6.07, 6.45) is 4.55. The largest absolute Gasteiger partial charge is 0.464 e. The number of fused-ring (bicyclic) bond motifs is 1. The molecule has 2 aromatic heterocycles. The van der Waals surface area contributed by atoms with Crippen LogP contribution in [0.1, 0.15) is 47.6 Å². The number of aromatic amines is 1. The Morgan fingerprint density at radius 2 is 2.12 bits per heavy atom. The molecule has 0 saturated carbocycles. The van der Waals surface area contributed by atoms with Crippen molar-refractivity contribution >= 4 is 16.9 Å². The normalized spacial score (nSPS) is 12.5. The Bertz CT molecular complexity index is 876. The molecule has 5 heteroatoms. The molecule has 1 atom stereocenters. The standard InChI is InChI=1S/C19H23N3O2/c1-5-15(19-20-9-13(4)21-19)22-17(23)8-14-10-24-16-7-11(2)6-12(3)18(14)16/h6-7,9-10,15H,5,8H2,1-4H3,(H,20,21)(H,22,23). The number of benzene rings is 1. The molecule has 3 rings (SSSR count). The van der Waals surface area contributed by atoms with Crippen molar-refractivity contribution in [2.75, 3.05) is 0 Å². The zero-order valence-corrected chi connectivity index (χ0v) is 14.6. The Balaban J connectivity index is 1.77. The summed E-state index contributed by atoms with van der Waals surface area (Å²) >= 11 is 0. The van der Waals surface area contributed by atoms with Crippen LogP contribution in [0.3, 0.4) is 0 Å². The highest BCUT2D eigenvalue weighted by Gasteiger charge is 2.18. The van der Waals surface area contributed by atoms with E-state index in [-0.39, 0.29) is 11.9 Å². The second-order valence-corrected chi connectivity index (χ2v) is 6.37. The third-order valence-corrected chi connectivity index (χ3v) is 4.24. The number of aromatic nitrogens is 2. The lowest BCUT2D eigenvalue weighted by Gasteiger charge is -2.14. The van der Waals surface area contributed by atoms with Gasteiger partial charge in [0.2, 0.25) is 5.91 Å². The fraction of sp³-hybridized carbons (Fsp3) is 0.368. The summed E-state index contributed by atoms with van der Waals surface area (Å²) in [4.78, 5) is 20.0. The number of carbonyl (C=O) groups is 1. The Hall–Kier alpha value is -2.56. The van der Waals surface area contributed by atoms with Crippen molar-refractivity contribution in [2.45, 2.75) is 46.6 Å². The highest BCUT2D eigenvalue weighted by molar-refractivity contribution is 5.90. The lowest BCUT2D eigenvalue weighted by molar-refractivity contribution is -0.121. The van der Waals surface area contributed by atoms with E-state index >= 15 is 0 Å². The minimum atomic E-state index is -0.104. The maximum absolute atomic E-state index is 12.5. The van der Waals surface area contributed by atoms with Crippen molar-refractivity contribution in [3.05, 3.63) is 52.8 Å². The maximum atomic E-state index is 12.5. The van der Waals surface area contributed by atoms with Gasteiger partial charge >= 0.3 is 0 Å². The predicted molar refractivity (Wildman–Crippen MR) is 93.9 cm³/mol. The third kappa shape index (κ3) is 3.20. The summed E-state index contributed by atoms with van der Waals surface area (Å²) in [5, 5.41) is 4.10. The first-order chi connectivity index (χ1) is 11.5. The van der Waals surface area contributed by atoms with Gasteiger partial charge in [0.15, 0.2) is 0 Å². The Kier molecular flexibility index (Phi) is 4.42. The molecule has 126 valence electrons. The Labute approximate surface area is 141 Å². The number of aryl methyl sites for hydroxylation is 3. The van der Waals surface area contributed by atoms with Gasteiger partial charge in [-0.25, -0.2) is 4.98 Å². The number of carbonyl (C=O) groups excluding carboxylic acids is 1. The molecule has 1 aromatic carbocycles. The molecule has 0 fully saturated rings. The molecule has 2 heterocycles. The third-order valence-electron chi connectivity index (χ3n) is 4.24. The van der Waals surface area contributed by atoms with E-state index in [0.29, 0.717) is 6.42 Å². The van der Waals surface area contributed by atoms with E-state index in [1.807, 2.05) is 33.8 Å². The number of hydrogen-bond donors (Lipinski definition) is 2. The van der Waals surface area contributed by atoms with Gasteiger partial charge < -0.3 is 14.7 Å². The van der Waals surface area contributed by atoms with E-state index in [1.54, 1.807) is 12.5 Å². The molecular formula is C19H23N3O2. The first-order valence-electron chi connectivity index (χ1n) is 8.26. The first-order valence-corrected chi connectivity index (χ1v) is 8.26. The Morgan fingerprint density at radius 1 is 1.33 bits per heavy atom. The van der Waals surface area contributed by atoms with Crippen LogP contribution in [-0.4, -0.2) is 15.9 Å². The maximum Gasteiger partial charge on any atom is 0.225 e. The number of rotatable bonds is 5. The second-order valence-electron chi connectivity index (χ2n) is 6.37. The molecule has 1 amide bonds. The van der Waals surface area contributed by atoms with Gasteiger partial charge in [0.25, 0.3) is 0 Å². The van der Waals surface area contributed by atoms with Crippen LogP contribution in [0.5, 0.6) is 0 Å². The van der Waals surface area contributed by atoms with Gasteiger partial charge in [-0.3, -0.25) is 4.79 Å². The predicted octanol–water partition coefficient (Wildman–Crippen LogP) is 3.89. The van der Waals surface area contributed by atoms with Gasteiger partial charge in [0.05, 0.1) is 18.7 Å². The fourth-order valence-corrected chi connectivity index (χ4v) is 3.15. The van der Waals surface area contributed by atoms with E-state index in [2.05, 4.69) is 21.4 Å². The molecule has 0 aliphatic heterocycles. The van der Waals surface area contributed by atoms with Crippen molar-refractivity contribution in [1.29, 1.82) is 0 Å². The molecule has 0 saturated heterocycles. The van der Waals surface area contributed by atoms with E-state index in [0.717, 1.165) is 45.6 Å². The van der Waals surface area contributed by atoms with E-state index < -0.39 is 0 Å². The molecule has 2 N–H and O–H groups in total. The summed E-state index contributed by atoms with van der Waals surface area (Å²) in [5.74, 6) is 0.769. The van der Waals surface area contributed by atoms with E-state index in [9.17, 15) is 4.79 Å². The van der Waals surface area contributed by atoms with Crippen molar-refractivity contribution in [2.24, 2.45) is 0 Å². The quantitative estimate of drug-likeness (QED) is 0.747. The summed E-state index contributed by atoms with van der Waals surface area (Å²) in [6.45, 7) is 8.07. The molecule has 24 heavy (non-hydrogen) atoms.